The summed E-state index contributed by atoms with van der Waals surface area (Å²) in [6, 6.07) is 10.5. The molecule has 1 fully saturated rings. The molecule has 0 aliphatic carbocycles. The first kappa shape index (κ1) is 14.1. The molecule has 3 nitrogen and oxygen atoms in total. The average Bonchev–Trinajstić information content (AvgIpc) is 2.45. The second-order valence-electron chi connectivity index (χ2n) is 5.49. The summed E-state index contributed by atoms with van der Waals surface area (Å²) in [4.78, 5) is 14.1. The Morgan fingerprint density at radius 2 is 2.11 bits per heavy atom. The highest BCUT2D eigenvalue weighted by Crippen LogP contribution is 2.22. The third-order valence-electron chi connectivity index (χ3n) is 3.91. The lowest BCUT2D eigenvalue weighted by molar-refractivity contribution is -0.136. The minimum atomic E-state index is -0.377. The fraction of sp³-hybridized carbons (Fsp3) is 0.562. The normalized spacial score (nSPS) is 21.2. The van der Waals surface area contributed by atoms with Gasteiger partial charge in [0.2, 0.25) is 5.91 Å². The zero-order valence-electron chi connectivity index (χ0n) is 11.7. The van der Waals surface area contributed by atoms with E-state index in [0.29, 0.717) is 6.04 Å². The lowest BCUT2D eigenvalue weighted by Gasteiger charge is -2.37. The number of carbonyl (C=O) groups is 1. The molecule has 1 heterocycles. The van der Waals surface area contributed by atoms with E-state index in [2.05, 4.69) is 24.3 Å². The van der Waals surface area contributed by atoms with Gasteiger partial charge in [-0.15, -0.1) is 0 Å². The summed E-state index contributed by atoms with van der Waals surface area (Å²) < 4.78 is 0. The molecule has 0 saturated carbocycles. The summed E-state index contributed by atoms with van der Waals surface area (Å²) >= 11 is 0. The summed E-state index contributed by atoms with van der Waals surface area (Å²) in [5.41, 5.74) is 7.09. The number of rotatable bonds is 4. The van der Waals surface area contributed by atoms with Gasteiger partial charge in [-0.2, -0.15) is 0 Å². The highest BCUT2D eigenvalue weighted by Gasteiger charge is 2.27. The molecular weight excluding hydrogens is 236 g/mol. The van der Waals surface area contributed by atoms with Crippen LogP contribution in [0.4, 0.5) is 0 Å². The van der Waals surface area contributed by atoms with Crippen LogP contribution in [0.5, 0.6) is 0 Å². The van der Waals surface area contributed by atoms with Gasteiger partial charge in [0.05, 0.1) is 6.04 Å². The summed E-state index contributed by atoms with van der Waals surface area (Å²) in [6.45, 7) is 2.66. The second kappa shape index (κ2) is 6.71. The molecule has 104 valence electrons. The minimum Gasteiger partial charge on any atom is -0.338 e. The molecule has 2 rings (SSSR count). The third-order valence-corrected chi connectivity index (χ3v) is 3.91. The third kappa shape index (κ3) is 3.80. The predicted octanol–water partition coefficient (Wildman–Crippen LogP) is 2.35. The molecule has 0 aromatic heterocycles. The van der Waals surface area contributed by atoms with Gasteiger partial charge >= 0.3 is 0 Å². The van der Waals surface area contributed by atoms with Crippen molar-refractivity contribution in [1.29, 1.82) is 0 Å². The monoisotopic (exact) mass is 260 g/mol. The van der Waals surface area contributed by atoms with Crippen LogP contribution in [0.15, 0.2) is 30.3 Å². The number of aryl methyl sites for hydroxylation is 1. The number of benzene rings is 1. The first-order valence-electron chi connectivity index (χ1n) is 7.28. The fourth-order valence-electron chi connectivity index (χ4n) is 2.83. The molecule has 0 bridgehead atoms. The summed E-state index contributed by atoms with van der Waals surface area (Å²) in [7, 11) is 0. The molecule has 1 unspecified atom stereocenters. The van der Waals surface area contributed by atoms with E-state index in [0.717, 1.165) is 32.2 Å². The summed E-state index contributed by atoms with van der Waals surface area (Å²) in [5.74, 6) is 0.109. The van der Waals surface area contributed by atoms with E-state index >= 15 is 0 Å². The van der Waals surface area contributed by atoms with Gasteiger partial charge in [-0.05, 0) is 44.6 Å². The second-order valence-corrected chi connectivity index (χ2v) is 5.49. The number of piperidine rings is 1. The van der Waals surface area contributed by atoms with Crippen molar-refractivity contribution in [3.05, 3.63) is 35.9 Å². The summed E-state index contributed by atoms with van der Waals surface area (Å²) in [6.07, 6.45) is 5.53. The number of hydrogen-bond donors (Lipinski definition) is 1. The van der Waals surface area contributed by atoms with Crippen LogP contribution in [0.3, 0.4) is 0 Å². The molecule has 0 radical (unpaired) electrons. The number of nitrogens with zero attached hydrogens (tertiary/aromatic N) is 1. The number of likely N-dealkylation sites (tertiary alicyclic amines) is 1. The number of amides is 1. The van der Waals surface area contributed by atoms with Gasteiger partial charge in [0.25, 0.3) is 0 Å². The predicted molar refractivity (Wildman–Crippen MR) is 77.8 cm³/mol. The Morgan fingerprint density at radius 1 is 1.37 bits per heavy atom. The van der Waals surface area contributed by atoms with Crippen molar-refractivity contribution in [2.75, 3.05) is 6.54 Å². The summed E-state index contributed by atoms with van der Waals surface area (Å²) in [5, 5.41) is 0. The van der Waals surface area contributed by atoms with E-state index in [1.807, 2.05) is 11.0 Å². The molecule has 2 N–H and O–H groups in total. The van der Waals surface area contributed by atoms with Crippen LogP contribution in [0.1, 0.15) is 38.2 Å². The van der Waals surface area contributed by atoms with Crippen molar-refractivity contribution >= 4 is 5.91 Å². The molecule has 19 heavy (non-hydrogen) atoms. The van der Waals surface area contributed by atoms with Crippen LogP contribution < -0.4 is 5.73 Å². The van der Waals surface area contributed by atoms with Crippen LogP contribution in [-0.4, -0.2) is 29.4 Å². The van der Waals surface area contributed by atoms with Crippen molar-refractivity contribution in [3.8, 4) is 0 Å². The topological polar surface area (TPSA) is 46.3 Å². The number of nitrogens with two attached hydrogens (primary N) is 1. The standard InChI is InChI=1S/C16H24N2O/c1-13(17)16(19)18-12-6-5-9-15(18)11-10-14-7-3-2-4-8-14/h2-4,7-8,13,15H,5-6,9-12,17H2,1H3/t13-,15?/m1/s1. The molecule has 0 spiro atoms. The van der Waals surface area contributed by atoms with E-state index < -0.39 is 0 Å². The Kier molecular flexibility index (Phi) is 4.97. The number of hydrogen-bond acceptors (Lipinski definition) is 2. The smallest absolute Gasteiger partial charge is 0.239 e. The minimum absolute atomic E-state index is 0.109. The van der Waals surface area contributed by atoms with E-state index in [-0.39, 0.29) is 11.9 Å². The van der Waals surface area contributed by atoms with Crippen LogP contribution in [0.25, 0.3) is 0 Å². The molecular formula is C16H24N2O. The quantitative estimate of drug-likeness (QED) is 0.903. The van der Waals surface area contributed by atoms with Gasteiger partial charge in [-0.25, -0.2) is 0 Å². The van der Waals surface area contributed by atoms with Gasteiger partial charge in [-0.1, -0.05) is 30.3 Å². The molecule has 1 amide bonds. The Labute approximate surface area is 115 Å². The van der Waals surface area contributed by atoms with E-state index in [4.69, 9.17) is 5.73 Å². The molecule has 3 heteroatoms. The average molecular weight is 260 g/mol. The Hall–Kier alpha value is -1.35. The largest absolute Gasteiger partial charge is 0.338 e. The SMILES string of the molecule is C[C@@H](N)C(=O)N1CCCCC1CCc1ccccc1. The Balaban J connectivity index is 1.94. The molecule has 1 saturated heterocycles. The molecule has 1 aliphatic rings. The highest BCUT2D eigenvalue weighted by molar-refractivity contribution is 5.81. The maximum atomic E-state index is 12.1. The molecule has 1 aliphatic heterocycles. The lowest BCUT2D eigenvalue weighted by atomic mass is 9.95. The maximum Gasteiger partial charge on any atom is 0.239 e. The molecule has 2 atom stereocenters. The molecule has 1 aromatic carbocycles. The molecule has 1 aromatic rings. The highest BCUT2D eigenvalue weighted by atomic mass is 16.2. The van der Waals surface area contributed by atoms with Crippen LogP contribution >= 0.6 is 0 Å². The first-order chi connectivity index (χ1) is 9.18. The van der Waals surface area contributed by atoms with Gasteiger partial charge < -0.3 is 10.6 Å². The van der Waals surface area contributed by atoms with E-state index in [1.54, 1.807) is 6.92 Å². The van der Waals surface area contributed by atoms with E-state index in [9.17, 15) is 4.79 Å². The van der Waals surface area contributed by atoms with Crippen LogP contribution in [0, 0.1) is 0 Å². The van der Waals surface area contributed by atoms with Crippen LogP contribution in [-0.2, 0) is 11.2 Å². The Bertz CT molecular complexity index is 402. The van der Waals surface area contributed by atoms with E-state index in [1.165, 1.54) is 12.0 Å². The Morgan fingerprint density at radius 3 is 2.79 bits per heavy atom. The van der Waals surface area contributed by atoms with Crippen molar-refractivity contribution in [3.63, 3.8) is 0 Å². The number of carbonyl (C=O) groups excluding carboxylic acids is 1. The van der Waals surface area contributed by atoms with Crippen molar-refractivity contribution < 1.29 is 4.79 Å². The fourth-order valence-corrected chi connectivity index (χ4v) is 2.83. The van der Waals surface area contributed by atoms with Crippen molar-refractivity contribution in [2.45, 2.75) is 51.1 Å². The van der Waals surface area contributed by atoms with Crippen molar-refractivity contribution in [2.24, 2.45) is 5.73 Å². The van der Waals surface area contributed by atoms with Gasteiger partial charge in [0.1, 0.15) is 0 Å². The zero-order valence-corrected chi connectivity index (χ0v) is 11.7. The first-order valence-corrected chi connectivity index (χ1v) is 7.28. The van der Waals surface area contributed by atoms with Gasteiger partial charge in [0.15, 0.2) is 0 Å². The lowest BCUT2D eigenvalue weighted by Crippen LogP contribution is -2.49. The van der Waals surface area contributed by atoms with Gasteiger partial charge in [-0.3, -0.25) is 4.79 Å². The zero-order chi connectivity index (χ0) is 13.7. The van der Waals surface area contributed by atoms with Crippen molar-refractivity contribution in [1.82, 2.24) is 4.90 Å². The van der Waals surface area contributed by atoms with Crippen LogP contribution in [0.2, 0.25) is 0 Å². The maximum absolute atomic E-state index is 12.1. The van der Waals surface area contributed by atoms with Gasteiger partial charge in [0, 0.05) is 12.6 Å².